The quantitative estimate of drug-likeness (QED) is 0.805. The normalized spacial score (nSPS) is 10.6. The lowest BCUT2D eigenvalue weighted by Crippen LogP contribution is -2.15. The van der Waals surface area contributed by atoms with Crippen molar-refractivity contribution in [1.29, 1.82) is 0 Å². The molecule has 2 rings (SSSR count). The number of rotatable bonds is 4. The maximum absolute atomic E-state index is 11.9. The number of aryl methyl sites for hydroxylation is 1. The van der Waals surface area contributed by atoms with Gasteiger partial charge in [0.05, 0.1) is 13.2 Å². The van der Waals surface area contributed by atoms with Gasteiger partial charge in [0.15, 0.2) is 5.69 Å². The van der Waals surface area contributed by atoms with Crippen LogP contribution in [0.15, 0.2) is 6.07 Å². The molecule has 0 N–H and O–H groups in total. The predicted molar refractivity (Wildman–Crippen MR) is 74.1 cm³/mol. The fraction of sp³-hybridized carbons (Fsp3) is 0.385. The molecule has 0 aliphatic carbocycles. The topological polar surface area (TPSA) is 78.4 Å². The van der Waals surface area contributed by atoms with E-state index >= 15 is 0 Å². The highest BCUT2D eigenvalue weighted by molar-refractivity contribution is 7.18. The van der Waals surface area contributed by atoms with E-state index in [9.17, 15) is 9.59 Å². The van der Waals surface area contributed by atoms with E-state index in [0.717, 1.165) is 4.88 Å². The van der Waals surface area contributed by atoms with Gasteiger partial charge in [0, 0.05) is 10.3 Å². The smallest absolute Gasteiger partial charge is 0.376 e. The van der Waals surface area contributed by atoms with E-state index in [0.29, 0.717) is 10.2 Å². The van der Waals surface area contributed by atoms with Gasteiger partial charge in [0.2, 0.25) is 5.82 Å². The Balaban J connectivity index is 2.57. The lowest BCUT2D eigenvalue weighted by Gasteiger charge is -2.05. The van der Waals surface area contributed by atoms with E-state index in [1.807, 2.05) is 6.92 Å². The van der Waals surface area contributed by atoms with Gasteiger partial charge >= 0.3 is 11.9 Å². The third kappa shape index (κ3) is 2.77. The molecule has 0 fully saturated rings. The first-order chi connectivity index (χ1) is 9.56. The fourth-order valence-corrected chi connectivity index (χ4v) is 2.56. The molecular weight excluding hydrogens is 280 g/mol. The number of esters is 2. The standard InChI is InChI=1S/C13H14N2O4S/c1-4-18-12(16)9-8-6-7(3)20-11(8)15-10(14-9)13(17)19-5-2/h6H,4-5H2,1-3H3. The number of nitrogens with zero attached hydrogens (tertiary/aromatic N) is 2. The third-order valence-electron chi connectivity index (χ3n) is 2.44. The first-order valence-corrected chi connectivity index (χ1v) is 7.00. The van der Waals surface area contributed by atoms with Gasteiger partial charge in [0.25, 0.3) is 0 Å². The maximum atomic E-state index is 11.9. The molecule has 0 aromatic carbocycles. The Morgan fingerprint density at radius 2 is 1.80 bits per heavy atom. The largest absolute Gasteiger partial charge is 0.461 e. The Bertz CT molecular complexity index is 666. The van der Waals surface area contributed by atoms with Crippen molar-refractivity contribution in [2.24, 2.45) is 0 Å². The van der Waals surface area contributed by atoms with Crippen molar-refractivity contribution in [1.82, 2.24) is 9.97 Å². The van der Waals surface area contributed by atoms with Gasteiger partial charge in [-0.2, -0.15) is 0 Å². The highest BCUT2D eigenvalue weighted by Crippen LogP contribution is 2.26. The maximum Gasteiger partial charge on any atom is 0.376 e. The average molecular weight is 294 g/mol. The Labute approximate surface area is 119 Å². The van der Waals surface area contributed by atoms with Crippen LogP contribution in [-0.2, 0) is 9.47 Å². The van der Waals surface area contributed by atoms with Gasteiger partial charge < -0.3 is 9.47 Å². The monoisotopic (exact) mass is 294 g/mol. The number of carbonyl (C=O) groups is 2. The molecule has 0 saturated carbocycles. The molecule has 0 atom stereocenters. The summed E-state index contributed by atoms with van der Waals surface area (Å²) in [5.74, 6) is -1.33. The van der Waals surface area contributed by atoms with Crippen LogP contribution < -0.4 is 0 Å². The molecule has 0 aliphatic heterocycles. The number of fused-ring (bicyclic) bond motifs is 1. The molecule has 0 radical (unpaired) electrons. The van der Waals surface area contributed by atoms with Gasteiger partial charge in [-0.05, 0) is 26.8 Å². The number of thiophene rings is 1. The van der Waals surface area contributed by atoms with Crippen molar-refractivity contribution in [2.45, 2.75) is 20.8 Å². The van der Waals surface area contributed by atoms with Crippen LogP contribution >= 0.6 is 11.3 Å². The SMILES string of the molecule is CCOC(=O)c1nc(C(=O)OCC)c2cc(C)sc2n1. The van der Waals surface area contributed by atoms with Crippen LogP contribution in [0.3, 0.4) is 0 Å². The molecule has 0 saturated heterocycles. The molecule has 0 spiro atoms. The number of aromatic nitrogens is 2. The molecule has 2 heterocycles. The van der Waals surface area contributed by atoms with Crippen LogP contribution in [-0.4, -0.2) is 35.1 Å². The van der Waals surface area contributed by atoms with E-state index < -0.39 is 11.9 Å². The van der Waals surface area contributed by atoms with Crippen LogP contribution in [0.25, 0.3) is 10.2 Å². The lowest BCUT2D eigenvalue weighted by atomic mass is 10.2. The Kier molecular flexibility index (Phi) is 4.29. The second-order valence-electron chi connectivity index (χ2n) is 3.91. The Morgan fingerprint density at radius 3 is 2.45 bits per heavy atom. The molecule has 0 unspecified atom stereocenters. The highest BCUT2D eigenvalue weighted by atomic mass is 32.1. The minimum atomic E-state index is -0.647. The van der Waals surface area contributed by atoms with Crippen LogP contribution in [0, 0.1) is 6.92 Å². The fourth-order valence-electron chi connectivity index (χ4n) is 1.68. The van der Waals surface area contributed by atoms with E-state index in [1.165, 1.54) is 11.3 Å². The van der Waals surface area contributed by atoms with Crippen molar-refractivity contribution in [3.05, 3.63) is 22.5 Å². The van der Waals surface area contributed by atoms with Crippen molar-refractivity contribution >= 4 is 33.5 Å². The summed E-state index contributed by atoms with van der Waals surface area (Å²) in [6.07, 6.45) is 0. The average Bonchev–Trinajstić information content (AvgIpc) is 2.78. The first-order valence-electron chi connectivity index (χ1n) is 6.19. The van der Waals surface area contributed by atoms with Crippen LogP contribution in [0.1, 0.15) is 39.8 Å². The summed E-state index contributed by atoms with van der Waals surface area (Å²) in [5.41, 5.74) is 0.101. The summed E-state index contributed by atoms with van der Waals surface area (Å²) in [6.45, 7) is 5.76. The van der Waals surface area contributed by atoms with Crippen molar-refractivity contribution < 1.29 is 19.1 Å². The minimum Gasteiger partial charge on any atom is -0.461 e. The second kappa shape index (κ2) is 5.96. The molecule has 0 bridgehead atoms. The minimum absolute atomic E-state index is 0.101. The zero-order chi connectivity index (χ0) is 14.7. The van der Waals surface area contributed by atoms with Crippen LogP contribution in [0.2, 0.25) is 0 Å². The van der Waals surface area contributed by atoms with Gasteiger partial charge in [-0.25, -0.2) is 19.6 Å². The summed E-state index contributed by atoms with van der Waals surface area (Å²) in [6, 6.07) is 1.81. The van der Waals surface area contributed by atoms with Crippen LogP contribution in [0.4, 0.5) is 0 Å². The van der Waals surface area contributed by atoms with Gasteiger partial charge in [-0.1, -0.05) is 0 Å². The molecule has 106 valence electrons. The molecule has 0 amide bonds. The van der Waals surface area contributed by atoms with E-state index in [2.05, 4.69) is 9.97 Å². The molecule has 7 heteroatoms. The predicted octanol–water partition coefficient (Wildman–Crippen LogP) is 2.35. The summed E-state index contributed by atoms with van der Waals surface area (Å²) in [5, 5.41) is 0.596. The van der Waals surface area contributed by atoms with Gasteiger partial charge in [0.1, 0.15) is 4.83 Å². The molecule has 2 aromatic heterocycles. The van der Waals surface area contributed by atoms with E-state index in [1.54, 1.807) is 19.9 Å². The van der Waals surface area contributed by atoms with Crippen LogP contribution in [0.5, 0.6) is 0 Å². The lowest BCUT2D eigenvalue weighted by molar-refractivity contribution is 0.0507. The Hall–Kier alpha value is -2.02. The number of ether oxygens (including phenoxy) is 2. The van der Waals surface area contributed by atoms with Crippen molar-refractivity contribution in [3.63, 3.8) is 0 Å². The molecule has 20 heavy (non-hydrogen) atoms. The Morgan fingerprint density at radius 1 is 1.15 bits per heavy atom. The third-order valence-corrected chi connectivity index (χ3v) is 3.39. The summed E-state index contributed by atoms with van der Waals surface area (Å²) in [7, 11) is 0. The molecule has 6 nitrogen and oxygen atoms in total. The van der Waals surface area contributed by atoms with Crippen molar-refractivity contribution in [3.8, 4) is 0 Å². The molecular formula is C13H14N2O4S. The highest BCUT2D eigenvalue weighted by Gasteiger charge is 2.21. The number of carbonyl (C=O) groups excluding carboxylic acids is 2. The zero-order valence-electron chi connectivity index (χ0n) is 11.4. The van der Waals surface area contributed by atoms with E-state index in [-0.39, 0.29) is 24.7 Å². The van der Waals surface area contributed by atoms with Crippen molar-refractivity contribution in [2.75, 3.05) is 13.2 Å². The zero-order valence-corrected chi connectivity index (χ0v) is 12.2. The second-order valence-corrected chi connectivity index (χ2v) is 5.15. The van der Waals surface area contributed by atoms with Gasteiger partial charge in [-0.15, -0.1) is 11.3 Å². The first kappa shape index (κ1) is 14.4. The summed E-state index contributed by atoms with van der Waals surface area (Å²) in [4.78, 5) is 33.4. The summed E-state index contributed by atoms with van der Waals surface area (Å²) < 4.78 is 9.83. The van der Waals surface area contributed by atoms with Gasteiger partial charge in [-0.3, -0.25) is 0 Å². The molecule has 2 aromatic rings. The number of hydrogen-bond donors (Lipinski definition) is 0. The summed E-state index contributed by atoms with van der Waals surface area (Å²) >= 11 is 1.38. The van der Waals surface area contributed by atoms with E-state index in [4.69, 9.17) is 9.47 Å². The molecule has 0 aliphatic rings. The number of hydrogen-bond acceptors (Lipinski definition) is 7.